The van der Waals surface area contributed by atoms with Gasteiger partial charge >= 0.3 is 0 Å². The zero-order chi connectivity index (χ0) is 17.5. The minimum absolute atomic E-state index is 0.0534. The zero-order valence-corrected chi connectivity index (χ0v) is 14.7. The van der Waals surface area contributed by atoms with E-state index in [2.05, 4.69) is 20.6 Å². The molecule has 0 fully saturated rings. The molecule has 128 valence electrons. The van der Waals surface area contributed by atoms with E-state index in [1.54, 1.807) is 6.07 Å². The van der Waals surface area contributed by atoms with Crippen molar-refractivity contribution in [1.82, 2.24) is 20.2 Å². The highest BCUT2D eigenvalue weighted by Gasteiger charge is 2.12. The van der Waals surface area contributed by atoms with E-state index in [0.29, 0.717) is 18.2 Å². The number of benzene rings is 1. The predicted molar refractivity (Wildman–Crippen MR) is 96.1 cm³/mol. The first-order chi connectivity index (χ1) is 11.5. The van der Waals surface area contributed by atoms with Gasteiger partial charge in [0.1, 0.15) is 5.69 Å². The molecule has 0 bridgehead atoms. The van der Waals surface area contributed by atoms with Crippen LogP contribution < -0.4 is 10.6 Å². The Morgan fingerprint density at radius 3 is 2.58 bits per heavy atom. The van der Waals surface area contributed by atoms with Crippen molar-refractivity contribution in [3.05, 3.63) is 53.3 Å². The Morgan fingerprint density at radius 2 is 1.92 bits per heavy atom. The molecule has 1 atom stereocenters. The highest BCUT2D eigenvalue weighted by Crippen LogP contribution is 2.16. The van der Waals surface area contributed by atoms with Crippen molar-refractivity contribution in [2.45, 2.75) is 19.9 Å². The molecule has 1 aromatic heterocycles. The van der Waals surface area contributed by atoms with Gasteiger partial charge < -0.3 is 15.5 Å². The second kappa shape index (κ2) is 8.40. The molecule has 1 amide bonds. The maximum absolute atomic E-state index is 12.2. The summed E-state index contributed by atoms with van der Waals surface area (Å²) in [4.78, 5) is 23.0. The van der Waals surface area contributed by atoms with Crippen molar-refractivity contribution in [2.75, 3.05) is 32.5 Å². The lowest BCUT2D eigenvalue weighted by Gasteiger charge is -2.15. The predicted octanol–water partition coefficient (Wildman–Crippen LogP) is 2.25. The monoisotopic (exact) mass is 327 g/mol. The summed E-state index contributed by atoms with van der Waals surface area (Å²) in [7, 11) is 3.93. The zero-order valence-electron chi connectivity index (χ0n) is 14.7. The van der Waals surface area contributed by atoms with Crippen LogP contribution in [-0.4, -0.2) is 48.0 Å². The molecule has 1 heterocycles. The molecule has 2 rings (SSSR count). The number of hydrogen-bond donors (Lipinski definition) is 2. The Hall–Kier alpha value is -2.47. The molecule has 0 radical (unpaired) electrons. The van der Waals surface area contributed by atoms with Crippen molar-refractivity contribution in [3.8, 4) is 0 Å². The van der Waals surface area contributed by atoms with Crippen molar-refractivity contribution >= 4 is 11.9 Å². The standard InChI is InChI=1S/C18H25N5O/c1-13-12-16(17(24)19-10-11-23(3)4)22-18(20-13)21-14(2)15-8-6-5-7-9-15/h5-9,12,14H,10-11H2,1-4H3,(H,19,24)(H,20,21,22). The lowest BCUT2D eigenvalue weighted by Crippen LogP contribution is -2.32. The Kier molecular flexibility index (Phi) is 6.26. The second-order valence-electron chi connectivity index (χ2n) is 6.05. The fourth-order valence-electron chi connectivity index (χ4n) is 2.25. The van der Waals surface area contributed by atoms with Crippen molar-refractivity contribution in [1.29, 1.82) is 0 Å². The van der Waals surface area contributed by atoms with Crippen LogP contribution >= 0.6 is 0 Å². The van der Waals surface area contributed by atoms with E-state index < -0.39 is 0 Å². The van der Waals surface area contributed by atoms with E-state index in [9.17, 15) is 4.79 Å². The number of carbonyl (C=O) groups is 1. The lowest BCUT2D eigenvalue weighted by molar-refractivity contribution is 0.0946. The Morgan fingerprint density at radius 1 is 1.21 bits per heavy atom. The molecule has 2 aromatic rings. The number of aromatic nitrogens is 2. The van der Waals surface area contributed by atoms with Gasteiger partial charge in [-0.25, -0.2) is 9.97 Å². The summed E-state index contributed by atoms with van der Waals surface area (Å²) < 4.78 is 0. The summed E-state index contributed by atoms with van der Waals surface area (Å²) in [6, 6.07) is 11.8. The van der Waals surface area contributed by atoms with E-state index >= 15 is 0 Å². The summed E-state index contributed by atoms with van der Waals surface area (Å²) in [5, 5.41) is 6.13. The van der Waals surface area contributed by atoms with E-state index in [0.717, 1.165) is 17.8 Å². The summed E-state index contributed by atoms with van der Waals surface area (Å²) in [5.74, 6) is 0.280. The van der Waals surface area contributed by atoms with E-state index in [1.807, 2.05) is 63.2 Å². The van der Waals surface area contributed by atoms with Gasteiger partial charge in [0, 0.05) is 18.8 Å². The van der Waals surface area contributed by atoms with Gasteiger partial charge in [-0.1, -0.05) is 30.3 Å². The van der Waals surface area contributed by atoms with Crippen LogP contribution in [0.3, 0.4) is 0 Å². The van der Waals surface area contributed by atoms with Gasteiger partial charge in [0.2, 0.25) is 5.95 Å². The van der Waals surface area contributed by atoms with Crippen LogP contribution in [0.1, 0.15) is 34.7 Å². The number of nitrogens with zero attached hydrogens (tertiary/aromatic N) is 3. The molecule has 1 unspecified atom stereocenters. The minimum Gasteiger partial charge on any atom is -0.349 e. The summed E-state index contributed by atoms with van der Waals surface area (Å²) >= 11 is 0. The number of rotatable bonds is 7. The SMILES string of the molecule is Cc1cc(C(=O)NCCN(C)C)nc(NC(C)c2ccccc2)n1. The number of amides is 1. The van der Waals surface area contributed by atoms with Gasteiger partial charge in [-0.05, 0) is 39.6 Å². The third-order valence-electron chi connectivity index (χ3n) is 3.58. The highest BCUT2D eigenvalue weighted by atomic mass is 16.1. The number of likely N-dealkylation sites (N-methyl/N-ethyl adjacent to an activating group) is 1. The largest absolute Gasteiger partial charge is 0.349 e. The first-order valence-corrected chi connectivity index (χ1v) is 8.06. The van der Waals surface area contributed by atoms with Gasteiger partial charge in [0.05, 0.1) is 6.04 Å². The first kappa shape index (κ1) is 17.9. The first-order valence-electron chi connectivity index (χ1n) is 8.06. The summed E-state index contributed by atoms with van der Waals surface area (Å²) in [6.45, 7) is 5.26. The lowest BCUT2D eigenvalue weighted by atomic mass is 10.1. The topological polar surface area (TPSA) is 70.2 Å². The van der Waals surface area contributed by atoms with Crippen molar-refractivity contribution in [2.24, 2.45) is 0 Å². The molecule has 0 aliphatic rings. The van der Waals surface area contributed by atoms with Crippen LogP contribution in [0.5, 0.6) is 0 Å². The average molecular weight is 327 g/mol. The molecule has 6 nitrogen and oxygen atoms in total. The van der Waals surface area contributed by atoms with Crippen LogP contribution in [0.15, 0.2) is 36.4 Å². The van der Waals surface area contributed by atoms with Crippen LogP contribution in [0, 0.1) is 6.92 Å². The van der Waals surface area contributed by atoms with Crippen LogP contribution in [0.2, 0.25) is 0 Å². The molecule has 2 N–H and O–H groups in total. The van der Waals surface area contributed by atoms with Gasteiger partial charge in [-0.2, -0.15) is 0 Å². The maximum Gasteiger partial charge on any atom is 0.270 e. The number of nitrogens with one attached hydrogen (secondary N) is 2. The molecule has 1 aromatic carbocycles. The molecule has 0 aliphatic heterocycles. The molecule has 0 aliphatic carbocycles. The van der Waals surface area contributed by atoms with Gasteiger partial charge in [0.25, 0.3) is 5.91 Å². The number of anilines is 1. The smallest absolute Gasteiger partial charge is 0.270 e. The molecule has 0 saturated heterocycles. The highest BCUT2D eigenvalue weighted by molar-refractivity contribution is 5.92. The third-order valence-corrected chi connectivity index (χ3v) is 3.58. The maximum atomic E-state index is 12.2. The quantitative estimate of drug-likeness (QED) is 0.816. The normalized spacial score (nSPS) is 12.0. The number of hydrogen-bond acceptors (Lipinski definition) is 5. The molecule has 24 heavy (non-hydrogen) atoms. The van der Waals surface area contributed by atoms with E-state index in [-0.39, 0.29) is 11.9 Å². The third kappa shape index (κ3) is 5.31. The molecular formula is C18H25N5O. The number of carbonyl (C=O) groups excluding carboxylic acids is 1. The van der Waals surface area contributed by atoms with Gasteiger partial charge in [-0.15, -0.1) is 0 Å². The average Bonchev–Trinajstić information content (AvgIpc) is 2.54. The molecule has 6 heteroatoms. The van der Waals surface area contributed by atoms with Crippen LogP contribution in [0.25, 0.3) is 0 Å². The van der Waals surface area contributed by atoms with Crippen LogP contribution in [-0.2, 0) is 0 Å². The summed E-state index contributed by atoms with van der Waals surface area (Å²) in [6.07, 6.45) is 0. The fourth-order valence-corrected chi connectivity index (χ4v) is 2.25. The van der Waals surface area contributed by atoms with Crippen LogP contribution in [0.4, 0.5) is 5.95 Å². The van der Waals surface area contributed by atoms with Gasteiger partial charge in [-0.3, -0.25) is 4.79 Å². The van der Waals surface area contributed by atoms with Crippen molar-refractivity contribution in [3.63, 3.8) is 0 Å². The Labute approximate surface area is 143 Å². The number of aryl methyl sites for hydroxylation is 1. The summed E-state index contributed by atoms with van der Waals surface area (Å²) in [5.41, 5.74) is 2.27. The fraction of sp³-hybridized carbons (Fsp3) is 0.389. The molecular weight excluding hydrogens is 302 g/mol. The Balaban J connectivity index is 2.06. The van der Waals surface area contributed by atoms with Gasteiger partial charge in [0.15, 0.2) is 0 Å². The van der Waals surface area contributed by atoms with Crippen molar-refractivity contribution < 1.29 is 4.79 Å². The molecule has 0 saturated carbocycles. The Bertz CT molecular complexity index is 672. The minimum atomic E-state index is -0.183. The molecule has 0 spiro atoms. The van der Waals surface area contributed by atoms with E-state index in [1.165, 1.54) is 0 Å². The van der Waals surface area contributed by atoms with E-state index in [4.69, 9.17) is 0 Å². The second-order valence-corrected chi connectivity index (χ2v) is 6.05.